The average Bonchev–Trinajstić information content (AvgIpc) is 2.95. The molecule has 1 aliphatic rings. The number of halogens is 4. The van der Waals surface area contributed by atoms with Gasteiger partial charge in [-0.2, -0.15) is 18.4 Å². The minimum Gasteiger partial charge on any atom is -0.457 e. The maximum atomic E-state index is 13.3. The fraction of sp³-hybridized carbons (Fsp3) is 0.167. The van der Waals surface area contributed by atoms with Crippen molar-refractivity contribution in [3.05, 3.63) is 122 Å². The van der Waals surface area contributed by atoms with E-state index in [-0.39, 0.29) is 29.2 Å². The second kappa shape index (κ2) is 13.0. The molecule has 0 unspecified atom stereocenters. The zero-order chi connectivity index (χ0) is 29.6. The molecule has 41 heavy (non-hydrogen) atoms. The molecule has 0 fully saturated rings. The van der Waals surface area contributed by atoms with Gasteiger partial charge in [0.25, 0.3) is 0 Å². The molecular weight excluding hydrogens is 575 g/mol. The van der Waals surface area contributed by atoms with Gasteiger partial charge < -0.3 is 15.4 Å². The second-order valence-electron chi connectivity index (χ2n) is 8.94. The first-order chi connectivity index (χ1) is 19.6. The minimum absolute atomic E-state index is 0.0244. The van der Waals surface area contributed by atoms with E-state index >= 15 is 0 Å². The average molecular weight is 598 g/mol. The molecule has 0 saturated heterocycles. The molecule has 210 valence electrons. The molecule has 0 aromatic heterocycles. The number of carbonyl (C=O) groups is 2. The topological polar surface area (TPSA) is 91.2 Å². The number of rotatable bonds is 8. The number of carbonyl (C=O) groups excluding carboxylic acids is 2. The molecule has 2 N–H and O–H groups in total. The van der Waals surface area contributed by atoms with Crippen LogP contribution in [0.5, 0.6) is 0 Å². The predicted molar refractivity (Wildman–Crippen MR) is 151 cm³/mol. The van der Waals surface area contributed by atoms with E-state index in [2.05, 4.69) is 16.7 Å². The van der Waals surface area contributed by atoms with Gasteiger partial charge in [0, 0.05) is 10.7 Å². The first-order valence-corrected chi connectivity index (χ1v) is 13.6. The van der Waals surface area contributed by atoms with Gasteiger partial charge >= 0.3 is 12.1 Å². The molecular formula is C30H23ClF3N3O3S. The van der Waals surface area contributed by atoms with Crippen LogP contribution in [0.1, 0.15) is 29.5 Å². The smallest absolute Gasteiger partial charge is 0.418 e. The van der Waals surface area contributed by atoms with Crippen LogP contribution >= 0.6 is 23.4 Å². The van der Waals surface area contributed by atoms with E-state index in [1.165, 1.54) is 18.2 Å². The van der Waals surface area contributed by atoms with Crippen LogP contribution in [0.15, 0.2) is 101 Å². The monoisotopic (exact) mass is 597 g/mol. The molecule has 3 aromatic carbocycles. The van der Waals surface area contributed by atoms with Gasteiger partial charge in [-0.25, -0.2) is 4.79 Å². The summed E-state index contributed by atoms with van der Waals surface area (Å²) in [5, 5.41) is 16.3. The molecule has 3 aromatic rings. The van der Waals surface area contributed by atoms with Gasteiger partial charge in [0.1, 0.15) is 6.61 Å². The molecule has 1 heterocycles. The number of ether oxygens (including phenoxy) is 1. The number of hydrogen-bond donors (Lipinski definition) is 2. The van der Waals surface area contributed by atoms with Crippen LogP contribution in [0, 0.1) is 11.3 Å². The maximum Gasteiger partial charge on any atom is 0.418 e. The Kier molecular flexibility index (Phi) is 9.42. The van der Waals surface area contributed by atoms with Crippen molar-refractivity contribution < 1.29 is 27.5 Å². The van der Waals surface area contributed by atoms with Gasteiger partial charge in [0.2, 0.25) is 5.91 Å². The summed E-state index contributed by atoms with van der Waals surface area (Å²) < 4.78 is 45.6. The molecule has 4 rings (SSSR count). The summed E-state index contributed by atoms with van der Waals surface area (Å²) in [6.07, 6.45) is -4.64. The third-order valence-electron chi connectivity index (χ3n) is 6.14. The summed E-state index contributed by atoms with van der Waals surface area (Å²) in [6.45, 7) is 1.67. The number of nitrogens with zero attached hydrogens (tertiary/aromatic N) is 1. The Morgan fingerprint density at radius 3 is 2.37 bits per heavy atom. The zero-order valence-electron chi connectivity index (χ0n) is 21.6. The highest BCUT2D eigenvalue weighted by Crippen LogP contribution is 2.41. The van der Waals surface area contributed by atoms with Gasteiger partial charge in [-0.15, -0.1) is 0 Å². The zero-order valence-corrected chi connectivity index (χ0v) is 23.2. The number of thioether (sulfide) groups is 1. The number of allylic oxidation sites excluding steroid dienone is 2. The molecule has 1 atom stereocenters. The summed E-state index contributed by atoms with van der Waals surface area (Å²) in [7, 11) is 0. The first kappa shape index (κ1) is 29.8. The van der Waals surface area contributed by atoms with Crippen LogP contribution in [-0.4, -0.2) is 17.6 Å². The molecule has 11 heteroatoms. The Bertz CT molecular complexity index is 1550. The van der Waals surface area contributed by atoms with Crippen LogP contribution in [0.25, 0.3) is 0 Å². The van der Waals surface area contributed by atoms with E-state index in [1.807, 2.05) is 30.3 Å². The molecule has 1 aliphatic heterocycles. The normalized spacial score (nSPS) is 15.2. The SMILES string of the molecule is CC1=C(C(=O)OCc2ccccc2)[C@@H](c2ccc(Cl)cc2)C(C#N)=C(SCC(=O)Nc2ccccc2C(F)(F)F)N1. The number of nitrogens with one attached hydrogen (secondary N) is 2. The second-order valence-corrected chi connectivity index (χ2v) is 10.4. The number of esters is 1. The summed E-state index contributed by atoms with van der Waals surface area (Å²) in [5.74, 6) is -2.46. The number of para-hydroxylation sites is 1. The number of hydrogen-bond acceptors (Lipinski definition) is 6. The van der Waals surface area contributed by atoms with Crippen molar-refractivity contribution in [3.8, 4) is 6.07 Å². The molecule has 0 bridgehead atoms. The lowest BCUT2D eigenvalue weighted by molar-refractivity contribution is -0.140. The predicted octanol–water partition coefficient (Wildman–Crippen LogP) is 7.17. The lowest BCUT2D eigenvalue weighted by atomic mass is 9.82. The number of benzene rings is 3. The Labute approximate surface area is 243 Å². The van der Waals surface area contributed by atoms with E-state index in [0.29, 0.717) is 21.3 Å². The summed E-state index contributed by atoms with van der Waals surface area (Å²) >= 11 is 7.01. The summed E-state index contributed by atoms with van der Waals surface area (Å²) in [5.41, 5.74) is 0.830. The van der Waals surface area contributed by atoms with Crippen LogP contribution in [0.2, 0.25) is 5.02 Å². The standard InChI is InChI=1S/C30H23ClF3N3O3S/c1-18-26(29(39)40-16-19-7-3-2-4-8-19)27(20-11-13-21(31)14-12-20)22(15-35)28(36-18)41-17-25(38)37-24-10-6-5-9-23(24)30(32,33)34/h2-14,27,36H,16-17H2,1H3,(H,37,38)/t27-/m0/s1. The first-order valence-electron chi connectivity index (χ1n) is 12.3. The highest BCUT2D eigenvalue weighted by molar-refractivity contribution is 8.03. The van der Waals surface area contributed by atoms with Crippen molar-refractivity contribution >= 4 is 40.9 Å². The van der Waals surface area contributed by atoms with Crippen LogP contribution < -0.4 is 10.6 Å². The maximum absolute atomic E-state index is 13.3. The third-order valence-corrected chi connectivity index (χ3v) is 7.41. The van der Waals surface area contributed by atoms with E-state index in [9.17, 15) is 28.0 Å². The lowest BCUT2D eigenvalue weighted by Crippen LogP contribution is -2.29. The van der Waals surface area contributed by atoms with Crippen molar-refractivity contribution in [2.75, 3.05) is 11.1 Å². The summed E-state index contributed by atoms with van der Waals surface area (Å²) in [4.78, 5) is 26.0. The largest absolute Gasteiger partial charge is 0.457 e. The Balaban J connectivity index is 1.59. The van der Waals surface area contributed by atoms with E-state index in [1.54, 1.807) is 31.2 Å². The molecule has 0 radical (unpaired) electrons. The Morgan fingerprint density at radius 1 is 1.05 bits per heavy atom. The number of alkyl halides is 3. The van der Waals surface area contributed by atoms with Gasteiger partial charge in [0.15, 0.2) is 0 Å². The molecule has 0 spiro atoms. The lowest BCUT2D eigenvalue weighted by Gasteiger charge is -2.29. The van der Waals surface area contributed by atoms with Crippen molar-refractivity contribution in [3.63, 3.8) is 0 Å². The fourth-order valence-corrected chi connectivity index (χ4v) is 5.27. The number of nitriles is 1. The van der Waals surface area contributed by atoms with E-state index in [4.69, 9.17) is 16.3 Å². The molecule has 1 amide bonds. The minimum atomic E-state index is -4.64. The Hall–Kier alpha value is -4.20. The molecule has 0 saturated carbocycles. The van der Waals surface area contributed by atoms with Crippen molar-refractivity contribution in [1.29, 1.82) is 5.26 Å². The van der Waals surface area contributed by atoms with Crippen molar-refractivity contribution in [2.45, 2.75) is 25.6 Å². The molecule has 0 aliphatic carbocycles. The highest BCUT2D eigenvalue weighted by Gasteiger charge is 2.36. The van der Waals surface area contributed by atoms with Gasteiger partial charge in [-0.1, -0.05) is 78.0 Å². The molecule has 6 nitrogen and oxygen atoms in total. The number of amides is 1. The van der Waals surface area contributed by atoms with Crippen LogP contribution in [-0.2, 0) is 27.1 Å². The van der Waals surface area contributed by atoms with Gasteiger partial charge in [-0.3, -0.25) is 4.79 Å². The van der Waals surface area contributed by atoms with E-state index < -0.39 is 29.5 Å². The van der Waals surface area contributed by atoms with Gasteiger partial charge in [0.05, 0.1) is 45.2 Å². The highest BCUT2D eigenvalue weighted by atomic mass is 35.5. The fourth-order valence-electron chi connectivity index (χ4n) is 4.25. The quantitative estimate of drug-likeness (QED) is 0.268. The van der Waals surface area contributed by atoms with Crippen LogP contribution in [0.3, 0.4) is 0 Å². The Morgan fingerprint density at radius 2 is 1.71 bits per heavy atom. The number of dihydropyridines is 1. The van der Waals surface area contributed by atoms with Crippen molar-refractivity contribution in [1.82, 2.24) is 5.32 Å². The van der Waals surface area contributed by atoms with E-state index in [0.717, 1.165) is 23.4 Å². The summed E-state index contributed by atoms with van der Waals surface area (Å²) in [6, 6.07) is 22.6. The number of anilines is 1. The van der Waals surface area contributed by atoms with Crippen molar-refractivity contribution in [2.24, 2.45) is 0 Å². The van der Waals surface area contributed by atoms with Gasteiger partial charge in [-0.05, 0) is 42.3 Å². The third kappa shape index (κ3) is 7.31. The van der Waals surface area contributed by atoms with Crippen LogP contribution in [0.4, 0.5) is 18.9 Å².